The van der Waals surface area contributed by atoms with E-state index in [0.29, 0.717) is 6.42 Å². The van der Waals surface area contributed by atoms with Gasteiger partial charge in [0.05, 0.1) is 6.10 Å². The minimum atomic E-state index is -0.421. The molecule has 0 saturated heterocycles. The summed E-state index contributed by atoms with van der Waals surface area (Å²) in [6.45, 7) is 1.93. The molecule has 0 unspecified atom stereocenters. The average molecular weight is 210 g/mol. The average Bonchev–Trinajstić information content (AvgIpc) is 2.59. The first-order valence-corrected chi connectivity index (χ1v) is 5.39. The normalized spacial score (nSPS) is 13.4. The van der Waals surface area contributed by atoms with Crippen molar-refractivity contribution in [3.63, 3.8) is 0 Å². The highest BCUT2D eigenvalue weighted by Crippen LogP contribution is 2.31. The molecule has 2 rings (SSSR count). The lowest BCUT2D eigenvalue weighted by Gasteiger charge is -2.01. The summed E-state index contributed by atoms with van der Waals surface area (Å²) >= 11 is 1.52. The number of halogens is 1. The molecule has 1 atom stereocenters. The highest BCUT2D eigenvalue weighted by Gasteiger charge is 2.09. The van der Waals surface area contributed by atoms with Gasteiger partial charge in [0.1, 0.15) is 5.82 Å². The van der Waals surface area contributed by atoms with Crippen molar-refractivity contribution >= 4 is 21.4 Å². The van der Waals surface area contributed by atoms with Crippen LogP contribution in [0.15, 0.2) is 24.3 Å². The molecule has 0 aliphatic carbocycles. The number of thiophene rings is 1. The van der Waals surface area contributed by atoms with Crippen molar-refractivity contribution in [2.45, 2.75) is 19.4 Å². The van der Waals surface area contributed by atoms with E-state index in [0.717, 1.165) is 15.0 Å². The summed E-state index contributed by atoms with van der Waals surface area (Å²) in [5.74, 6) is -0.229. The summed E-state index contributed by atoms with van der Waals surface area (Å²) in [4.78, 5) is 0.910. The molecule has 0 fully saturated rings. The summed E-state index contributed by atoms with van der Waals surface area (Å²) in [6.07, 6.45) is 0.269. The van der Waals surface area contributed by atoms with Crippen molar-refractivity contribution in [1.29, 1.82) is 0 Å². The number of aliphatic hydroxyl groups is 1. The maximum Gasteiger partial charge on any atom is 0.123 e. The van der Waals surface area contributed by atoms with E-state index in [9.17, 15) is 9.50 Å². The molecule has 2 aromatic rings. The summed E-state index contributed by atoms with van der Waals surface area (Å²) in [7, 11) is 0. The SMILES string of the molecule is CC[C@H](O)c1cc2cc(F)ccc2s1. The zero-order valence-corrected chi connectivity index (χ0v) is 8.64. The molecule has 14 heavy (non-hydrogen) atoms. The third kappa shape index (κ3) is 1.65. The Hall–Kier alpha value is -0.930. The molecule has 1 heterocycles. The van der Waals surface area contributed by atoms with E-state index in [1.807, 2.05) is 13.0 Å². The quantitative estimate of drug-likeness (QED) is 0.804. The van der Waals surface area contributed by atoms with Gasteiger partial charge in [0, 0.05) is 9.58 Å². The van der Waals surface area contributed by atoms with Crippen molar-refractivity contribution in [3.05, 3.63) is 35.0 Å². The first-order chi connectivity index (χ1) is 6.70. The first-order valence-electron chi connectivity index (χ1n) is 4.57. The highest BCUT2D eigenvalue weighted by atomic mass is 32.1. The molecule has 74 valence electrons. The lowest BCUT2D eigenvalue weighted by atomic mass is 10.2. The molecule has 0 radical (unpaired) electrons. The molecule has 1 N–H and O–H groups in total. The third-order valence-corrected chi connectivity index (χ3v) is 3.43. The standard InChI is InChI=1S/C11H11FOS/c1-2-9(13)11-6-7-5-8(12)3-4-10(7)14-11/h3-6,9,13H,2H2,1H3/t9-/m0/s1. The predicted molar refractivity (Wildman–Crippen MR) is 57.0 cm³/mol. The molecule has 1 aromatic carbocycles. The van der Waals surface area contributed by atoms with Gasteiger partial charge in [-0.2, -0.15) is 0 Å². The Bertz CT molecular complexity index is 449. The Morgan fingerprint density at radius 3 is 2.93 bits per heavy atom. The van der Waals surface area contributed by atoms with Crippen molar-refractivity contribution in [2.24, 2.45) is 0 Å². The van der Waals surface area contributed by atoms with E-state index in [1.165, 1.54) is 23.5 Å². The number of aliphatic hydroxyl groups excluding tert-OH is 1. The largest absolute Gasteiger partial charge is 0.388 e. The minimum Gasteiger partial charge on any atom is -0.388 e. The lowest BCUT2D eigenvalue weighted by Crippen LogP contribution is -1.89. The van der Waals surface area contributed by atoms with Crippen LogP contribution in [0.3, 0.4) is 0 Å². The van der Waals surface area contributed by atoms with Gasteiger partial charge in [0.25, 0.3) is 0 Å². The summed E-state index contributed by atoms with van der Waals surface area (Å²) in [5, 5.41) is 10.5. The van der Waals surface area contributed by atoms with Crippen LogP contribution >= 0.6 is 11.3 Å². The fourth-order valence-corrected chi connectivity index (χ4v) is 2.51. The monoisotopic (exact) mass is 210 g/mol. The number of rotatable bonds is 2. The molecule has 0 aliphatic rings. The maximum absolute atomic E-state index is 12.9. The van der Waals surface area contributed by atoms with Crippen molar-refractivity contribution in [1.82, 2.24) is 0 Å². The maximum atomic E-state index is 12.9. The summed E-state index contributed by atoms with van der Waals surface area (Å²) in [5.41, 5.74) is 0. The van der Waals surface area contributed by atoms with Gasteiger partial charge in [0.15, 0.2) is 0 Å². The first kappa shape index (κ1) is 9.62. The molecular formula is C11H11FOS. The second-order valence-electron chi connectivity index (χ2n) is 3.25. The van der Waals surface area contributed by atoms with E-state index in [4.69, 9.17) is 0 Å². The van der Waals surface area contributed by atoms with Gasteiger partial charge in [-0.05, 0) is 36.1 Å². The topological polar surface area (TPSA) is 20.2 Å². The fraction of sp³-hybridized carbons (Fsp3) is 0.273. The fourth-order valence-electron chi connectivity index (χ4n) is 1.40. The number of benzene rings is 1. The Kier molecular flexibility index (Phi) is 2.52. The van der Waals surface area contributed by atoms with Crippen molar-refractivity contribution < 1.29 is 9.50 Å². The molecule has 0 bridgehead atoms. The van der Waals surface area contributed by atoms with Gasteiger partial charge >= 0.3 is 0 Å². The zero-order chi connectivity index (χ0) is 10.1. The summed E-state index contributed by atoms with van der Waals surface area (Å²) in [6, 6.07) is 6.55. The molecule has 0 saturated carbocycles. The van der Waals surface area contributed by atoms with E-state index in [1.54, 1.807) is 6.07 Å². The van der Waals surface area contributed by atoms with Gasteiger partial charge in [-0.15, -0.1) is 11.3 Å². The number of hydrogen-bond donors (Lipinski definition) is 1. The molecule has 3 heteroatoms. The van der Waals surface area contributed by atoms with Crippen molar-refractivity contribution in [3.8, 4) is 0 Å². The Balaban J connectivity index is 2.51. The summed E-state index contributed by atoms with van der Waals surface area (Å²) < 4.78 is 13.9. The highest BCUT2D eigenvalue weighted by molar-refractivity contribution is 7.19. The van der Waals surface area contributed by atoms with Crippen LogP contribution < -0.4 is 0 Å². The van der Waals surface area contributed by atoms with Crippen LogP contribution in [0.25, 0.3) is 10.1 Å². The van der Waals surface area contributed by atoms with Crippen LogP contribution in [-0.2, 0) is 0 Å². The van der Waals surface area contributed by atoms with Gasteiger partial charge in [-0.3, -0.25) is 0 Å². The third-order valence-electron chi connectivity index (χ3n) is 2.21. The van der Waals surface area contributed by atoms with Crippen LogP contribution in [0.5, 0.6) is 0 Å². The van der Waals surface area contributed by atoms with E-state index >= 15 is 0 Å². The second-order valence-corrected chi connectivity index (χ2v) is 4.37. The Labute approximate surface area is 85.8 Å². The van der Waals surface area contributed by atoms with Crippen LogP contribution in [0.2, 0.25) is 0 Å². The van der Waals surface area contributed by atoms with Gasteiger partial charge in [0.2, 0.25) is 0 Å². The molecular weight excluding hydrogens is 199 g/mol. The van der Waals surface area contributed by atoms with Crippen molar-refractivity contribution in [2.75, 3.05) is 0 Å². The van der Waals surface area contributed by atoms with Crippen LogP contribution in [-0.4, -0.2) is 5.11 Å². The van der Waals surface area contributed by atoms with Crippen LogP contribution in [0, 0.1) is 5.82 Å². The van der Waals surface area contributed by atoms with Gasteiger partial charge < -0.3 is 5.11 Å². The van der Waals surface area contributed by atoms with Crippen LogP contribution in [0.4, 0.5) is 4.39 Å². The van der Waals surface area contributed by atoms with E-state index in [2.05, 4.69) is 0 Å². The number of fused-ring (bicyclic) bond motifs is 1. The van der Waals surface area contributed by atoms with Gasteiger partial charge in [-0.1, -0.05) is 6.92 Å². The molecule has 0 aliphatic heterocycles. The number of hydrogen-bond acceptors (Lipinski definition) is 2. The molecule has 1 nitrogen and oxygen atoms in total. The van der Waals surface area contributed by atoms with E-state index in [-0.39, 0.29) is 5.82 Å². The van der Waals surface area contributed by atoms with Gasteiger partial charge in [-0.25, -0.2) is 4.39 Å². The second kappa shape index (κ2) is 3.67. The Morgan fingerprint density at radius 1 is 1.43 bits per heavy atom. The van der Waals surface area contributed by atoms with E-state index < -0.39 is 6.10 Å². The lowest BCUT2D eigenvalue weighted by molar-refractivity contribution is 0.177. The molecule has 1 aromatic heterocycles. The predicted octanol–water partition coefficient (Wildman–Crippen LogP) is 3.48. The molecule has 0 spiro atoms. The Morgan fingerprint density at radius 2 is 2.21 bits per heavy atom. The molecule has 0 amide bonds. The minimum absolute atomic E-state index is 0.229. The smallest absolute Gasteiger partial charge is 0.123 e. The zero-order valence-electron chi connectivity index (χ0n) is 7.83. The van der Waals surface area contributed by atoms with Crippen LogP contribution in [0.1, 0.15) is 24.3 Å².